The Morgan fingerprint density at radius 3 is 2.58 bits per heavy atom. The third-order valence-corrected chi connectivity index (χ3v) is 6.25. The summed E-state index contributed by atoms with van der Waals surface area (Å²) in [6, 6.07) is 12.7. The number of halogens is 4. The van der Waals surface area contributed by atoms with Crippen molar-refractivity contribution in [3.63, 3.8) is 0 Å². The summed E-state index contributed by atoms with van der Waals surface area (Å²) in [4.78, 5) is 20.9. The van der Waals surface area contributed by atoms with E-state index in [2.05, 4.69) is 31.2 Å². The van der Waals surface area contributed by atoms with E-state index in [1.54, 1.807) is 31.3 Å². The topological polar surface area (TPSA) is 91.0 Å². The van der Waals surface area contributed by atoms with Crippen LogP contribution in [0.2, 0.25) is 5.02 Å². The fourth-order valence-corrected chi connectivity index (χ4v) is 4.28. The first-order chi connectivity index (χ1) is 17.2. The summed E-state index contributed by atoms with van der Waals surface area (Å²) in [6.45, 7) is -0.974. The summed E-state index contributed by atoms with van der Waals surface area (Å²) >= 11 is 6.30. The highest BCUT2D eigenvalue weighted by Crippen LogP contribution is 2.29. The third kappa shape index (κ3) is 6.64. The van der Waals surface area contributed by atoms with E-state index in [4.69, 9.17) is 11.6 Å². The summed E-state index contributed by atoms with van der Waals surface area (Å²) in [5.41, 5.74) is 3.96. The van der Waals surface area contributed by atoms with E-state index in [1.807, 2.05) is 18.2 Å². The lowest BCUT2D eigenvalue weighted by Gasteiger charge is -2.17. The molecule has 1 aromatic heterocycles. The quantitative estimate of drug-likeness (QED) is 0.314. The molecule has 0 aliphatic heterocycles. The molecule has 1 unspecified atom stereocenters. The number of hydrogen-bond acceptors (Lipinski definition) is 6. The summed E-state index contributed by atoms with van der Waals surface area (Å²) < 4.78 is 37.7. The van der Waals surface area contributed by atoms with Gasteiger partial charge in [0.05, 0.1) is 24.0 Å². The number of aromatic nitrogens is 2. The third-order valence-electron chi connectivity index (χ3n) is 5.97. The fraction of sp³-hybridized carbons (Fsp3) is 0.320. The first kappa shape index (κ1) is 25.7. The highest BCUT2D eigenvalue weighted by atomic mass is 35.5. The molecule has 3 aromatic rings. The molecule has 36 heavy (non-hydrogen) atoms. The highest BCUT2D eigenvalue weighted by molar-refractivity contribution is 6.33. The minimum Gasteiger partial charge on any atom is -0.355 e. The maximum Gasteiger partial charge on any atom is 0.401 e. The maximum absolute atomic E-state index is 12.6. The second-order valence-electron chi connectivity index (χ2n) is 8.52. The van der Waals surface area contributed by atoms with Crippen molar-refractivity contribution in [3.05, 3.63) is 70.4 Å². The molecule has 1 aliphatic rings. The monoisotopic (exact) mass is 518 g/mol. The molecule has 1 aliphatic carbocycles. The van der Waals surface area contributed by atoms with Crippen molar-refractivity contribution in [3.8, 4) is 0 Å². The molecule has 4 rings (SSSR count). The van der Waals surface area contributed by atoms with Gasteiger partial charge in [0.25, 0.3) is 5.91 Å². The van der Waals surface area contributed by atoms with Crippen LogP contribution in [0.5, 0.6) is 0 Å². The molecule has 11 heteroatoms. The van der Waals surface area contributed by atoms with E-state index in [0.29, 0.717) is 48.7 Å². The molecule has 7 nitrogen and oxygen atoms in total. The summed E-state index contributed by atoms with van der Waals surface area (Å²) in [7, 11) is 1.55. The lowest BCUT2D eigenvalue weighted by atomic mass is 10.0. The first-order valence-corrected chi connectivity index (χ1v) is 11.9. The van der Waals surface area contributed by atoms with Crippen molar-refractivity contribution in [2.24, 2.45) is 0 Å². The van der Waals surface area contributed by atoms with Crippen molar-refractivity contribution in [1.82, 2.24) is 20.6 Å². The van der Waals surface area contributed by atoms with Gasteiger partial charge in [0, 0.05) is 18.8 Å². The minimum absolute atomic E-state index is 0.179. The average Bonchev–Trinajstić information content (AvgIpc) is 3.06. The Morgan fingerprint density at radius 1 is 1.08 bits per heavy atom. The minimum atomic E-state index is -4.22. The molecule has 190 valence electrons. The van der Waals surface area contributed by atoms with Gasteiger partial charge in [0.2, 0.25) is 5.95 Å². The molecule has 1 heterocycles. The Morgan fingerprint density at radius 2 is 1.83 bits per heavy atom. The summed E-state index contributed by atoms with van der Waals surface area (Å²) in [5.74, 6) is 0.388. The van der Waals surface area contributed by atoms with E-state index in [9.17, 15) is 18.0 Å². The summed E-state index contributed by atoms with van der Waals surface area (Å²) in [6.07, 6.45) is -0.0903. The Labute approximate surface area is 211 Å². The van der Waals surface area contributed by atoms with Gasteiger partial charge in [-0.05, 0) is 61.1 Å². The van der Waals surface area contributed by atoms with E-state index in [-0.39, 0.29) is 17.0 Å². The van der Waals surface area contributed by atoms with Crippen molar-refractivity contribution in [1.29, 1.82) is 0 Å². The van der Waals surface area contributed by atoms with E-state index in [0.717, 1.165) is 16.8 Å². The second kappa shape index (κ2) is 11.1. The number of benzene rings is 2. The van der Waals surface area contributed by atoms with Gasteiger partial charge in [-0.2, -0.15) is 18.2 Å². The Balaban J connectivity index is 1.47. The molecule has 0 saturated heterocycles. The zero-order valence-corrected chi connectivity index (χ0v) is 20.3. The number of fused-ring (bicyclic) bond motifs is 1. The van der Waals surface area contributed by atoms with Crippen LogP contribution in [0.25, 0.3) is 0 Å². The molecule has 0 spiro atoms. The predicted octanol–water partition coefficient (Wildman–Crippen LogP) is 5.38. The lowest BCUT2D eigenvalue weighted by molar-refractivity contribution is -0.126. The number of para-hydroxylation sites is 1. The van der Waals surface area contributed by atoms with Crippen LogP contribution >= 0.6 is 11.6 Å². The maximum atomic E-state index is 12.6. The molecule has 0 saturated carbocycles. The van der Waals surface area contributed by atoms with Crippen molar-refractivity contribution >= 4 is 40.6 Å². The number of amides is 1. The molecule has 0 bridgehead atoms. The van der Waals surface area contributed by atoms with Crippen LogP contribution in [-0.2, 0) is 12.8 Å². The van der Waals surface area contributed by atoms with E-state index in [1.165, 1.54) is 6.20 Å². The van der Waals surface area contributed by atoms with Crippen LogP contribution in [0.4, 0.5) is 36.3 Å². The molecular weight excluding hydrogens is 493 g/mol. The van der Waals surface area contributed by atoms with Crippen molar-refractivity contribution in [2.75, 3.05) is 24.2 Å². The van der Waals surface area contributed by atoms with Crippen LogP contribution < -0.4 is 21.3 Å². The van der Waals surface area contributed by atoms with Gasteiger partial charge in [-0.3, -0.25) is 4.79 Å². The molecule has 1 amide bonds. The number of carbonyl (C=O) groups is 1. The standard InChI is InChI=1S/C25H26ClF3N6O/c1-30-23(36)19-4-2-3-5-21(19)34-22-20(26)13-31-24(35-22)33-18-11-7-15-6-9-17(10-8-16(15)12-18)32-14-25(27,28)29/h2-5,7,11-13,17,32H,6,8-10,14H2,1H3,(H,30,36)(H2,31,33,34,35). The lowest BCUT2D eigenvalue weighted by Crippen LogP contribution is -2.37. The Kier molecular flexibility index (Phi) is 7.95. The van der Waals surface area contributed by atoms with E-state index < -0.39 is 12.7 Å². The van der Waals surface area contributed by atoms with Gasteiger partial charge in [-0.15, -0.1) is 0 Å². The van der Waals surface area contributed by atoms with Crippen LogP contribution in [0, 0.1) is 0 Å². The number of aryl methyl sites for hydroxylation is 2. The highest BCUT2D eigenvalue weighted by Gasteiger charge is 2.28. The van der Waals surface area contributed by atoms with Crippen LogP contribution in [0.15, 0.2) is 48.7 Å². The molecule has 0 fully saturated rings. The number of alkyl halides is 3. The molecular formula is C25H26ClF3N6O. The normalized spacial score (nSPS) is 15.5. The fourth-order valence-electron chi connectivity index (χ4n) is 4.14. The molecule has 0 radical (unpaired) electrons. The number of nitrogens with zero attached hydrogens (tertiary/aromatic N) is 2. The van der Waals surface area contributed by atoms with Crippen LogP contribution in [0.3, 0.4) is 0 Å². The number of nitrogens with one attached hydrogen (secondary N) is 4. The van der Waals surface area contributed by atoms with Gasteiger partial charge in [0.15, 0.2) is 5.82 Å². The van der Waals surface area contributed by atoms with Crippen molar-refractivity contribution < 1.29 is 18.0 Å². The largest absolute Gasteiger partial charge is 0.401 e. The molecule has 1 atom stereocenters. The zero-order chi connectivity index (χ0) is 25.7. The predicted molar refractivity (Wildman–Crippen MR) is 134 cm³/mol. The summed E-state index contributed by atoms with van der Waals surface area (Å²) in [5, 5.41) is 11.8. The van der Waals surface area contributed by atoms with Crippen molar-refractivity contribution in [2.45, 2.75) is 37.9 Å². The second-order valence-corrected chi connectivity index (χ2v) is 8.93. The smallest absolute Gasteiger partial charge is 0.355 e. The number of anilines is 4. The van der Waals surface area contributed by atoms with E-state index >= 15 is 0 Å². The van der Waals surface area contributed by atoms with Crippen LogP contribution in [0.1, 0.15) is 34.3 Å². The zero-order valence-electron chi connectivity index (χ0n) is 19.5. The van der Waals surface area contributed by atoms with Gasteiger partial charge in [-0.25, -0.2) is 4.98 Å². The number of rotatable bonds is 7. The van der Waals surface area contributed by atoms with Gasteiger partial charge >= 0.3 is 6.18 Å². The number of carbonyl (C=O) groups excluding carboxylic acids is 1. The molecule has 2 aromatic carbocycles. The average molecular weight is 519 g/mol. The SMILES string of the molecule is CNC(=O)c1ccccc1Nc1nc(Nc2ccc3c(c2)CCC(NCC(F)(F)F)CC3)ncc1Cl. The van der Waals surface area contributed by atoms with Gasteiger partial charge in [0.1, 0.15) is 5.02 Å². The van der Waals surface area contributed by atoms with Crippen LogP contribution in [-0.4, -0.2) is 41.7 Å². The van der Waals surface area contributed by atoms with Gasteiger partial charge in [-0.1, -0.05) is 29.8 Å². The van der Waals surface area contributed by atoms with Gasteiger partial charge < -0.3 is 21.3 Å². The molecule has 4 N–H and O–H groups in total. The Hall–Kier alpha value is -3.37. The first-order valence-electron chi connectivity index (χ1n) is 11.5. The Bertz CT molecular complexity index is 1240. The number of hydrogen-bond donors (Lipinski definition) is 4.